The molecule has 2 heterocycles. The first-order chi connectivity index (χ1) is 14.1. The first-order valence-electron chi connectivity index (χ1n) is 9.72. The van der Waals surface area contributed by atoms with Crippen LogP contribution in [0, 0.1) is 6.92 Å². The Morgan fingerprint density at radius 3 is 2.69 bits per heavy atom. The van der Waals surface area contributed by atoms with E-state index in [1.165, 1.54) is 24.9 Å². The number of aryl methyl sites for hydroxylation is 1. The van der Waals surface area contributed by atoms with Gasteiger partial charge < -0.3 is 14.5 Å². The number of hydrogen-bond donors (Lipinski definition) is 2. The highest BCUT2D eigenvalue weighted by Gasteiger charge is 2.29. The molecule has 1 fully saturated rings. The van der Waals surface area contributed by atoms with Gasteiger partial charge in [0, 0.05) is 6.04 Å². The quantitative estimate of drug-likeness (QED) is 0.580. The van der Waals surface area contributed by atoms with Crippen molar-refractivity contribution >= 4 is 39.4 Å². The first-order valence-corrected chi connectivity index (χ1v) is 10.5. The number of anilines is 1. The molecule has 4 rings (SSSR count). The number of benzene rings is 1. The Hall–Kier alpha value is -2.87. The van der Waals surface area contributed by atoms with Crippen molar-refractivity contribution in [3.05, 3.63) is 35.6 Å². The summed E-state index contributed by atoms with van der Waals surface area (Å²) in [5.41, 5.74) is 1.55. The minimum Gasteiger partial charge on any atom is -0.465 e. The number of fused-ring (bicyclic) bond motifs is 1. The second-order valence-corrected chi connectivity index (χ2v) is 8.18. The Morgan fingerprint density at radius 2 is 1.97 bits per heavy atom. The van der Waals surface area contributed by atoms with Gasteiger partial charge in [0.2, 0.25) is 5.88 Å². The number of urea groups is 1. The molecule has 1 saturated carbocycles. The molecule has 0 saturated heterocycles. The molecule has 0 aliphatic heterocycles. The SMILES string of the molecule is COC(=O)c1c(C)oc(NC(=O)NC2CCCCC2)c1-c1nc2ccccc2s1. The summed E-state index contributed by atoms with van der Waals surface area (Å²) in [5, 5.41) is 6.38. The molecular weight excluding hydrogens is 390 g/mol. The zero-order valence-corrected chi connectivity index (χ0v) is 17.2. The van der Waals surface area contributed by atoms with Crippen LogP contribution in [0.5, 0.6) is 0 Å². The lowest BCUT2D eigenvalue weighted by Crippen LogP contribution is -2.39. The minimum absolute atomic E-state index is 0.158. The number of ether oxygens (including phenoxy) is 1. The summed E-state index contributed by atoms with van der Waals surface area (Å²) in [7, 11) is 1.32. The number of carbonyl (C=O) groups excluding carboxylic acids is 2. The summed E-state index contributed by atoms with van der Waals surface area (Å²) >= 11 is 1.43. The number of nitrogens with zero attached hydrogens (tertiary/aromatic N) is 1. The molecule has 1 aliphatic rings. The molecule has 0 unspecified atom stereocenters. The van der Waals surface area contributed by atoms with E-state index in [-0.39, 0.29) is 23.5 Å². The van der Waals surface area contributed by atoms with Crippen LogP contribution < -0.4 is 10.6 Å². The monoisotopic (exact) mass is 413 g/mol. The predicted octanol–water partition coefficient (Wildman–Crippen LogP) is 5.11. The van der Waals surface area contributed by atoms with Crippen LogP contribution in [0.2, 0.25) is 0 Å². The first kappa shape index (κ1) is 19.4. The fourth-order valence-electron chi connectivity index (χ4n) is 3.74. The molecule has 2 aromatic heterocycles. The normalized spacial score (nSPS) is 14.7. The molecule has 152 valence electrons. The second-order valence-electron chi connectivity index (χ2n) is 7.15. The summed E-state index contributed by atoms with van der Waals surface area (Å²) in [6.45, 7) is 1.67. The topological polar surface area (TPSA) is 93.5 Å². The van der Waals surface area contributed by atoms with Crippen LogP contribution in [0.15, 0.2) is 28.7 Å². The maximum Gasteiger partial charge on any atom is 0.342 e. The maximum absolute atomic E-state index is 12.6. The highest BCUT2D eigenvalue weighted by Crippen LogP contribution is 2.40. The Balaban J connectivity index is 1.69. The number of para-hydroxylation sites is 1. The average molecular weight is 413 g/mol. The largest absolute Gasteiger partial charge is 0.465 e. The number of amides is 2. The third-order valence-electron chi connectivity index (χ3n) is 5.15. The minimum atomic E-state index is -0.527. The van der Waals surface area contributed by atoms with E-state index in [4.69, 9.17) is 9.15 Å². The van der Waals surface area contributed by atoms with Crippen LogP contribution >= 0.6 is 11.3 Å². The molecule has 0 bridgehead atoms. The fraction of sp³-hybridized carbons (Fsp3) is 0.381. The number of thiazole rings is 1. The van der Waals surface area contributed by atoms with Gasteiger partial charge in [-0.15, -0.1) is 11.3 Å². The van der Waals surface area contributed by atoms with Gasteiger partial charge in [0.05, 0.1) is 22.9 Å². The fourth-order valence-corrected chi connectivity index (χ4v) is 4.75. The van der Waals surface area contributed by atoms with Crippen molar-refractivity contribution in [2.45, 2.75) is 45.1 Å². The Morgan fingerprint density at radius 1 is 1.21 bits per heavy atom. The molecule has 0 radical (unpaired) electrons. The smallest absolute Gasteiger partial charge is 0.342 e. The Bertz CT molecular complexity index is 1020. The summed E-state index contributed by atoms with van der Waals surface area (Å²) < 4.78 is 11.7. The van der Waals surface area contributed by atoms with Gasteiger partial charge in [0.1, 0.15) is 16.3 Å². The number of carbonyl (C=O) groups is 2. The van der Waals surface area contributed by atoms with Gasteiger partial charge in [-0.1, -0.05) is 31.4 Å². The lowest BCUT2D eigenvalue weighted by atomic mass is 9.96. The third-order valence-corrected chi connectivity index (χ3v) is 6.20. The van der Waals surface area contributed by atoms with Crippen LogP contribution in [-0.2, 0) is 4.74 Å². The third kappa shape index (κ3) is 3.98. The zero-order valence-electron chi connectivity index (χ0n) is 16.4. The van der Waals surface area contributed by atoms with Crippen molar-refractivity contribution in [1.29, 1.82) is 0 Å². The van der Waals surface area contributed by atoms with Gasteiger partial charge in [-0.25, -0.2) is 14.6 Å². The van der Waals surface area contributed by atoms with Crippen molar-refractivity contribution in [1.82, 2.24) is 10.3 Å². The molecule has 8 heteroatoms. The standard InChI is InChI=1S/C21H23N3O4S/c1-12-16(20(25)27-2)17(19-23-14-10-6-7-11-15(14)29-19)18(28-12)24-21(26)22-13-8-4-3-5-9-13/h6-7,10-11,13H,3-5,8-9H2,1-2H3,(H2,22,24,26). The molecular formula is C21H23N3O4S. The number of methoxy groups -OCH3 is 1. The van der Waals surface area contributed by atoms with Gasteiger partial charge in [-0.3, -0.25) is 5.32 Å². The molecule has 2 N–H and O–H groups in total. The van der Waals surface area contributed by atoms with Crippen LogP contribution in [0.3, 0.4) is 0 Å². The van der Waals surface area contributed by atoms with Crippen LogP contribution in [0.4, 0.5) is 10.7 Å². The number of esters is 1. The van der Waals surface area contributed by atoms with E-state index >= 15 is 0 Å². The van der Waals surface area contributed by atoms with Crippen molar-refractivity contribution in [2.75, 3.05) is 12.4 Å². The molecule has 7 nitrogen and oxygen atoms in total. The van der Waals surface area contributed by atoms with Crippen molar-refractivity contribution < 1.29 is 18.7 Å². The number of rotatable bonds is 4. The van der Waals surface area contributed by atoms with Crippen molar-refractivity contribution in [3.63, 3.8) is 0 Å². The van der Waals surface area contributed by atoms with E-state index in [0.29, 0.717) is 16.3 Å². The molecule has 3 aromatic rings. The van der Waals surface area contributed by atoms with E-state index in [9.17, 15) is 9.59 Å². The average Bonchev–Trinajstić information content (AvgIpc) is 3.28. The number of furan rings is 1. The van der Waals surface area contributed by atoms with Crippen LogP contribution in [0.25, 0.3) is 20.8 Å². The summed E-state index contributed by atoms with van der Waals surface area (Å²) in [6.07, 6.45) is 5.40. The number of nitrogens with one attached hydrogen (secondary N) is 2. The number of hydrogen-bond acceptors (Lipinski definition) is 6. The molecule has 1 aromatic carbocycles. The highest BCUT2D eigenvalue weighted by atomic mass is 32.1. The molecule has 1 aliphatic carbocycles. The van der Waals surface area contributed by atoms with Crippen molar-refractivity contribution in [2.24, 2.45) is 0 Å². The zero-order chi connectivity index (χ0) is 20.4. The number of aromatic nitrogens is 1. The van der Waals surface area contributed by atoms with Crippen LogP contribution in [0.1, 0.15) is 48.2 Å². The van der Waals surface area contributed by atoms with Gasteiger partial charge in [0.15, 0.2) is 0 Å². The van der Waals surface area contributed by atoms with E-state index in [0.717, 1.165) is 35.9 Å². The molecule has 2 amide bonds. The van der Waals surface area contributed by atoms with E-state index in [1.807, 2.05) is 24.3 Å². The van der Waals surface area contributed by atoms with Gasteiger partial charge in [0.25, 0.3) is 0 Å². The molecule has 29 heavy (non-hydrogen) atoms. The Labute approximate surface area is 172 Å². The van der Waals surface area contributed by atoms with E-state index in [2.05, 4.69) is 15.6 Å². The van der Waals surface area contributed by atoms with Gasteiger partial charge in [-0.05, 0) is 31.9 Å². The lowest BCUT2D eigenvalue weighted by molar-refractivity contribution is 0.0599. The molecule has 0 spiro atoms. The van der Waals surface area contributed by atoms with E-state index in [1.54, 1.807) is 6.92 Å². The van der Waals surface area contributed by atoms with Crippen LogP contribution in [-0.4, -0.2) is 30.1 Å². The van der Waals surface area contributed by atoms with Crippen molar-refractivity contribution in [3.8, 4) is 10.6 Å². The predicted molar refractivity (Wildman–Crippen MR) is 112 cm³/mol. The van der Waals surface area contributed by atoms with Gasteiger partial charge >= 0.3 is 12.0 Å². The highest BCUT2D eigenvalue weighted by molar-refractivity contribution is 7.21. The molecule has 0 atom stereocenters. The summed E-state index contributed by atoms with van der Waals surface area (Å²) in [4.78, 5) is 29.6. The van der Waals surface area contributed by atoms with Gasteiger partial charge in [-0.2, -0.15) is 0 Å². The second kappa shape index (κ2) is 8.24. The Kier molecular flexibility index (Phi) is 5.53. The summed E-state index contributed by atoms with van der Waals surface area (Å²) in [6, 6.07) is 7.52. The van der Waals surface area contributed by atoms with E-state index < -0.39 is 5.97 Å². The summed E-state index contributed by atoms with van der Waals surface area (Å²) in [5.74, 6) is 0.0515. The maximum atomic E-state index is 12.6. The lowest BCUT2D eigenvalue weighted by Gasteiger charge is -2.22.